The summed E-state index contributed by atoms with van der Waals surface area (Å²) < 4.78 is 0. The van der Waals surface area contributed by atoms with E-state index in [-0.39, 0.29) is 6.71 Å². The molecule has 0 spiro atoms. The lowest BCUT2D eigenvalue weighted by Crippen LogP contribution is -2.61. The van der Waals surface area contributed by atoms with Gasteiger partial charge in [0.1, 0.15) is 0 Å². The maximum absolute atomic E-state index is 5.32. The molecule has 3 nitrogen and oxygen atoms in total. The van der Waals surface area contributed by atoms with Gasteiger partial charge in [0.05, 0.1) is 11.4 Å². The van der Waals surface area contributed by atoms with Gasteiger partial charge in [-0.1, -0.05) is 158 Å². The second-order valence-corrected chi connectivity index (χ2v) is 18.0. The Morgan fingerprint density at radius 2 is 0.612 bits per heavy atom. The number of rotatable bonds is 5. The van der Waals surface area contributed by atoms with Gasteiger partial charge in [0.2, 0.25) is 0 Å². The highest BCUT2D eigenvalue weighted by molar-refractivity contribution is 7.00. The first-order valence-electron chi connectivity index (χ1n) is 23.1. The van der Waals surface area contributed by atoms with Crippen molar-refractivity contribution in [3.8, 4) is 33.6 Å². The molecule has 0 fully saturated rings. The molecule has 2 aliphatic rings. The number of anilines is 6. The first-order chi connectivity index (χ1) is 33.2. The Bertz CT molecular complexity index is 3680. The summed E-state index contributed by atoms with van der Waals surface area (Å²) in [7, 11) is 0. The van der Waals surface area contributed by atoms with Crippen LogP contribution in [0.15, 0.2) is 243 Å². The van der Waals surface area contributed by atoms with E-state index in [0.29, 0.717) is 0 Å². The third kappa shape index (κ3) is 6.11. The first-order valence-corrected chi connectivity index (χ1v) is 23.1. The fraction of sp³-hybridized carbons (Fsp3) is 0. The second-order valence-electron chi connectivity index (χ2n) is 18.0. The van der Waals surface area contributed by atoms with Gasteiger partial charge in [0.25, 0.3) is 6.71 Å². The van der Waals surface area contributed by atoms with E-state index in [0.717, 1.165) is 45.0 Å². The normalized spacial score (nSPS) is 12.7. The van der Waals surface area contributed by atoms with Crippen molar-refractivity contribution in [3.63, 3.8) is 0 Å². The molecule has 2 aliphatic heterocycles. The largest absolute Gasteiger partial charge is 0.311 e. The number of hydrogen-bond donors (Lipinski definition) is 0. The van der Waals surface area contributed by atoms with Crippen LogP contribution in [0.3, 0.4) is 0 Å². The molecule has 4 heteroatoms. The fourth-order valence-corrected chi connectivity index (χ4v) is 11.0. The Balaban J connectivity index is 1.12. The van der Waals surface area contributed by atoms with Crippen molar-refractivity contribution in [2.75, 3.05) is 9.80 Å². The van der Waals surface area contributed by atoms with Crippen molar-refractivity contribution < 1.29 is 0 Å². The zero-order valence-corrected chi connectivity index (χ0v) is 36.5. The lowest BCUT2D eigenvalue weighted by molar-refractivity contribution is 1.26. The van der Waals surface area contributed by atoms with Gasteiger partial charge in [-0.3, -0.25) is 0 Å². The van der Waals surface area contributed by atoms with Gasteiger partial charge in [-0.05, 0) is 156 Å². The van der Waals surface area contributed by atoms with Crippen LogP contribution in [0.25, 0.3) is 76.7 Å². The quantitative estimate of drug-likeness (QED) is 0.127. The summed E-state index contributed by atoms with van der Waals surface area (Å²) in [6.45, 7) is -0.0621. The van der Waals surface area contributed by atoms with Gasteiger partial charge in [-0.2, -0.15) is 0 Å². The minimum atomic E-state index is -0.0621. The fourth-order valence-electron chi connectivity index (χ4n) is 11.0. The number of fused-ring (bicyclic) bond motifs is 8. The molecule has 0 aliphatic carbocycles. The van der Waals surface area contributed by atoms with Gasteiger partial charge >= 0.3 is 0 Å². The summed E-state index contributed by atoms with van der Waals surface area (Å²) in [4.78, 5) is 10.4. The van der Waals surface area contributed by atoms with Crippen LogP contribution in [-0.2, 0) is 0 Å². The molecule has 0 bridgehead atoms. The topological polar surface area (TPSA) is 19.4 Å². The standard InChI is InChI=1S/C63H40BN3/c1-5-17-41(18-6-1)57-35-51(36-58(65-57)42-19-7-2-8-20-42)52-39-61-63-62(40-52)67(54-27-11-4-12-28-54)60-38-50-32-46-24-16-14-22-44(46)30-48(50)34-56(60)64(63)55-33-47-29-43-21-13-15-23-45(43)31-49(47)37-59(55)66(61)53-25-9-3-10-26-53/h1-40H. The Morgan fingerprint density at radius 1 is 0.269 bits per heavy atom. The van der Waals surface area contributed by atoms with Crippen molar-refractivity contribution in [1.82, 2.24) is 4.98 Å². The maximum Gasteiger partial charge on any atom is 0.252 e. The summed E-state index contributed by atoms with van der Waals surface area (Å²) in [5, 5.41) is 9.89. The zero-order chi connectivity index (χ0) is 44.0. The molecule has 0 radical (unpaired) electrons. The molecule has 0 saturated carbocycles. The molecule has 0 atom stereocenters. The van der Waals surface area contributed by atoms with Crippen LogP contribution in [0.4, 0.5) is 34.1 Å². The summed E-state index contributed by atoms with van der Waals surface area (Å²) in [6, 6.07) is 89.3. The summed E-state index contributed by atoms with van der Waals surface area (Å²) >= 11 is 0. The molecule has 1 aromatic heterocycles. The lowest BCUT2D eigenvalue weighted by atomic mass is 9.33. The molecule has 12 aromatic rings. The molecule has 0 N–H and O–H groups in total. The van der Waals surface area contributed by atoms with Gasteiger partial charge in [-0.25, -0.2) is 4.98 Å². The van der Waals surface area contributed by atoms with Gasteiger partial charge < -0.3 is 9.80 Å². The molecule has 67 heavy (non-hydrogen) atoms. The third-order valence-electron chi connectivity index (χ3n) is 14.0. The average molecular weight is 850 g/mol. The molecule has 0 unspecified atom stereocenters. The van der Waals surface area contributed by atoms with Crippen LogP contribution in [0.5, 0.6) is 0 Å². The Hall–Kier alpha value is -8.73. The van der Waals surface area contributed by atoms with Crippen molar-refractivity contribution >= 4 is 100 Å². The van der Waals surface area contributed by atoms with Crippen molar-refractivity contribution in [2.45, 2.75) is 0 Å². The van der Waals surface area contributed by atoms with E-state index in [1.165, 1.54) is 82.2 Å². The summed E-state index contributed by atoms with van der Waals surface area (Å²) in [6.07, 6.45) is 0. The van der Waals surface area contributed by atoms with Crippen LogP contribution in [0, 0.1) is 0 Å². The van der Waals surface area contributed by atoms with E-state index >= 15 is 0 Å². The average Bonchev–Trinajstić information content (AvgIpc) is 3.39. The summed E-state index contributed by atoms with van der Waals surface area (Å²) in [5.74, 6) is 0. The minimum absolute atomic E-state index is 0.0621. The van der Waals surface area contributed by atoms with Crippen molar-refractivity contribution in [3.05, 3.63) is 243 Å². The van der Waals surface area contributed by atoms with Crippen LogP contribution in [0.1, 0.15) is 0 Å². The van der Waals surface area contributed by atoms with Crippen LogP contribution >= 0.6 is 0 Å². The molecular formula is C63H40BN3. The molecule has 3 heterocycles. The number of benzene rings is 11. The number of aromatic nitrogens is 1. The monoisotopic (exact) mass is 849 g/mol. The highest BCUT2D eigenvalue weighted by Crippen LogP contribution is 2.48. The Labute approximate surface area is 389 Å². The zero-order valence-electron chi connectivity index (χ0n) is 36.5. The van der Waals surface area contributed by atoms with Crippen molar-refractivity contribution in [1.29, 1.82) is 0 Å². The van der Waals surface area contributed by atoms with E-state index in [1.54, 1.807) is 0 Å². The predicted molar refractivity (Wildman–Crippen MR) is 285 cm³/mol. The number of nitrogens with zero attached hydrogens (tertiary/aromatic N) is 3. The molecule has 11 aromatic carbocycles. The predicted octanol–water partition coefficient (Wildman–Crippen LogP) is 14.8. The molecule has 14 rings (SSSR count). The molecule has 0 saturated heterocycles. The van der Waals surface area contributed by atoms with E-state index in [1.807, 2.05) is 0 Å². The third-order valence-corrected chi connectivity index (χ3v) is 14.0. The second kappa shape index (κ2) is 14.9. The lowest BCUT2D eigenvalue weighted by Gasteiger charge is -2.44. The molecule has 310 valence electrons. The summed E-state index contributed by atoms with van der Waals surface area (Å²) in [5.41, 5.74) is 17.1. The first kappa shape index (κ1) is 37.6. The SMILES string of the molecule is c1ccc(-c2cc(-c3cc4c5c(c3)N(c3ccccc3)c3cc6cc7ccccc7cc6cc3B5c3cc5cc6ccccc6cc5cc3N4c3ccccc3)cc(-c3ccccc3)n2)cc1. The van der Waals surface area contributed by atoms with Gasteiger partial charge in [0, 0.05) is 45.3 Å². The van der Waals surface area contributed by atoms with Crippen LogP contribution < -0.4 is 26.2 Å². The van der Waals surface area contributed by atoms with E-state index in [9.17, 15) is 0 Å². The van der Waals surface area contributed by atoms with E-state index < -0.39 is 0 Å². The smallest absolute Gasteiger partial charge is 0.252 e. The minimum Gasteiger partial charge on any atom is -0.311 e. The number of pyridine rings is 1. The number of para-hydroxylation sites is 2. The highest BCUT2D eigenvalue weighted by atomic mass is 15.2. The molecular weight excluding hydrogens is 810 g/mol. The van der Waals surface area contributed by atoms with Gasteiger partial charge in [-0.15, -0.1) is 0 Å². The Morgan fingerprint density at radius 3 is 1.01 bits per heavy atom. The maximum atomic E-state index is 5.32. The van der Waals surface area contributed by atoms with Crippen LogP contribution in [0.2, 0.25) is 0 Å². The van der Waals surface area contributed by atoms with Crippen molar-refractivity contribution in [2.24, 2.45) is 0 Å². The van der Waals surface area contributed by atoms with Gasteiger partial charge in [0.15, 0.2) is 0 Å². The highest BCUT2D eigenvalue weighted by Gasteiger charge is 2.44. The van der Waals surface area contributed by atoms with Crippen LogP contribution in [-0.4, -0.2) is 11.7 Å². The number of hydrogen-bond acceptors (Lipinski definition) is 3. The van der Waals surface area contributed by atoms with E-state index in [4.69, 9.17) is 4.98 Å². The van der Waals surface area contributed by atoms with E-state index in [2.05, 4.69) is 252 Å². The Kier molecular flexibility index (Phi) is 8.38. The molecule has 0 amide bonds.